The topological polar surface area (TPSA) is 61.4 Å². The van der Waals surface area contributed by atoms with E-state index in [1.807, 2.05) is 0 Å². The molecule has 2 N–H and O–H groups in total. The summed E-state index contributed by atoms with van der Waals surface area (Å²) in [6.07, 6.45) is 3.19. The predicted octanol–water partition coefficient (Wildman–Crippen LogP) is 3.24. The standard InChI is InChI=1S/C20H24FN3O2S/c1-5-6-24-16-9-15(21)12(7-13(16)11(2)10-20(24,3)4)8-14-17(25)22-19(27)23-18(14)26/h7-9,11H,5-6,10H2,1-4H3,(H2,22,23,25,26,27). The molecular formula is C20H24FN3O2S. The maximum absolute atomic E-state index is 14.9. The summed E-state index contributed by atoms with van der Waals surface area (Å²) in [5.41, 5.74) is 1.93. The number of carbonyl (C=O) groups excluding carboxylic acids is 2. The van der Waals surface area contributed by atoms with Crippen LogP contribution in [-0.2, 0) is 9.59 Å². The number of thiocarbonyl (C=S) groups is 1. The third kappa shape index (κ3) is 3.60. The van der Waals surface area contributed by atoms with E-state index in [0.717, 1.165) is 30.6 Å². The average Bonchev–Trinajstić information content (AvgIpc) is 2.55. The minimum absolute atomic E-state index is 0.0425. The van der Waals surface area contributed by atoms with E-state index >= 15 is 0 Å². The number of nitrogens with one attached hydrogen (secondary N) is 2. The zero-order valence-electron chi connectivity index (χ0n) is 16.0. The van der Waals surface area contributed by atoms with Crippen LogP contribution in [0, 0.1) is 5.82 Å². The monoisotopic (exact) mass is 389 g/mol. The Morgan fingerprint density at radius 3 is 2.52 bits per heavy atom. The summed E-state index contributed by atoms with van der Waals surface area (Å²) in [6, 6.07) is 3.28. The quantitative estimate of drug-likeness (QED) is 0.473. The molecule has 1 fully saturated rings. The third-order valence-corrected chi connectivity index (χ3v) is 5.40. The molecule has 1 saturated heterocycles. The molecule has 0 aromatic heterocycles. The van der Waals surface area contributed by atoms with E-state index in [1.165, 1.54) is 12.1 Å². The Morgan fingerprint density at radius 2 is 1.93 bits per heavy atom. The zero-order chi connectivity index (χ0) is 19.9. The molecule has 2 heterocycles. The normalized spacial score (nSPS) is 21.5. The van der Waals surface area contributed by atoms with Crippen molar-refractivity contribution in [2.24, 2.45) is 0 Å². The van der Waals surface area contributed by atoms with Crippen molar-refractivity contribution >= 4 is 40.9 Å². The fourth-order valence-electron chi connectivity index (χ4n) is 4.04. The van der Waals surface area contributed by atoms with Crippen molar-refractivity contribution in [3.05, 3.63) is 34.6 Å². The number of benzene rings is 1. The highest BCUT2D eigenvalue weighted by molar-refractivity contribution is 7.80. The summed E-state index contributed by atoms with van der Waals surface area (Å²) in [5.74, 6) is -1.46. The second kappa shape index (κ2) is 7.03. The molecule has 27 heavy (non-hydrogen) atoms. The van der Waals surface area contributed by atoms with Crippen molar-refractivity contribution in [2.75, 3.05) is 11.4 Å². The molecule has 2 aliphatic heterocycles. The van der Waals surface area contributed by atoms with Crippen LogP contribution in [0.5, 0.6) is 0 Å². The van der Waals surface area contributed by atoms with Gasteiger partial charge >= 0.3 is 0 Å². The van der Waals surface area contributed by atoms with Crippen molar-refractivity contribution in [2.45, 2.75) is 52.0 Å². The summed E-state index contributed by atoms with van der Waals surface area (Å²) in [5, 5.41) is 4.69. The number of carbonyl (C=O) groups is 2. The van der Waals surface area contributed by atoms with Crippen LogP contribution < -0.4 is 15.5 Å². The van der Waals surface area contributed by atoms with E-state index in [1.54, 1.807) is 6.07 Å². The summed E-state index contributed by atoms with van der Waals surface area (Å²) >= 11 is 4.79. The number of hydrogen-bond donors (Lipinski definition) is 2. The van der Waals surface area contributed by atoms with E-state index in [4.69, 9.17) is 12.2 Å². The van der Waals surface area contributed by atoms with E-state index in [9.17, 15) is 14.0 Å². The molecule has 1 aromatic rings. The van der Waals surface area contributed by atoms with Gasteiger partial charge < -0.3 is 4.90 Å². The second-order valence-corrected chi connectivity index (χ2v) is 8.21. The van der Waals surface area contributed by atoms with Crippen LogP contribution in [0.2, 0.25) is 0 Å². The molecular weight excluding hydrogens is 365 g/mol. The van der Waals surface area contributed by atoms with Gasteiger partial charge in [-0.25, -0.2) is 4.39 Å². The number of rotatable bonds is 3. The summed E-state index contributed by atoms with van der Waals surface area (Å²) in [7, 11) is 0. The fraction of sp³-hybridized carbons (Fsp3) is 0.450. The van der Waals surface area contributed by atoms with E-state index < -0.39 is 17.6 Å². The molecule has 1 aromatic carbocycles. The number of fused-ring (bicyclic) bond motifs is 1. The van der Waals surface area contributed by atoms with Gasteiger partial charge in [-0.05, 0) is 68.6 Å². The number of hydrogen-bond acceptors (Lipinski definition) is 4. The Labute approximate surface area is 164 Å². The molecule has 5 nitrogen and oxygen atoms in total. The zero-order valence-corrected chi connectivity index (χ0v) is 16.8. The molecule has 0 saturated carbocycles. The lowest BCUT2D eigenvalue weighted by molar-refractivity contribution is -0.123. The van der Waals surface area contributed by atoms with Crippen molar-refractivity contribution < 1.29 is 14.0 Å². The SMILES string of the molecule is CCCN1c2cc(F)c(C=C3C(=O)NC(=S)NC3=O)cc2C(C)CC1(C)C. The van der Waals surface area contributed by atoms with Gasteiger partial charge in [0.2, 0.25) is 0 Å². The highest BCUT2D eigenvalue weighted by atomic mass is 32.1. The number of anilines is 1. The first-order valence-corrected chi connectivity index (χ1v) is 9.54. The summed E-state index contributed by atoms with van der Waals surface area (Å²) in [6.45, 7) is 9.42. The fourth-order valence-corrected chi connectivity index (χ4v) is 4.23. The Balaban J connectivity index is 2.08. The van der Waals surface area contributed by atoms with Crippen LogP contribution >= 0.6 is 12.2 Å². The maximum atomic E-state index is 14.9. The molecule has 0 aliphatic carbocycles. The van der Waals surface area contributed by atoms with Crippen molar-refractivity contribution in [3.63, 3.8) is 0 Å². The minimum Gasteiger partial charge on any atom is -0.366 e. The minimum atomic E-state index is -0.623. The van der Waals surface area contributed by atoms with Crippen molar-refractivity contribution in [3.8, 4) is 0 Å². The Hall–Kier alpha value is -2.28. The van der Waals surface area contributed by atoms with Gasteiger partial charge in [0.05, 0.1) is 0 Å². The molecule has 0 radical (unpaired) electrons. The molecule has 3 rings (SSSR count). The Morgan fingerprint density at radius 1 is 1.30 bits per heavy atom. The first kappa shape index (κ1) is 19.5. The van der Waals surface area contributed by atoms with Gasteiger partial charge in [0.1, 0.15) is 11.4 Å². The van der Waals surface area contributed by atoms with E-state index in [0.29, 0.717) is 0 Å². The van der Waals surface area contributed by atoms with Crippen molar-refractivity contribution in [1.82, 2.24) is 10.6 Å². The molecule has 0 bridgehead atoms. The number of halogens is 1. The smallest absolute Gasteiger partial charge is 0.263 e. The first-order chi connectivity index (χ1) is 12.6. The molecule has 1 unspecified atom stereocenters. The second-order valence-electron chi connectivity index (χ2n) is 7.80. The number of nitrogens with zero attached hydrogens (tertiary/aromatic N) is 1. The van der Waals surface area contributed by atoms with Crippen LogP contribution in [0.1, 0.15) is 57.6 Å². The lowest BCUT2D eigenvalue weighted by Crippen LogP contribution is -2.51. The van der Waals surface area contributed by atoms with E-state index in [-0.39, 0.29) is 27.7 Å². The highest BCUT2D eigenvalue weighted by Crippen LogP contribution is 2.44. The van der Waals surface area contributed by atoms with Gasteiger partial charge in [-0.3, -0.25) is 20.2 Å². The van der Waals surface area contributed by atoms with Gasteiger partial charge in [0.15, 0.2) is 5.11 Å². The van der Waals surface area contributed by atoms with Gasteiger partial charge in [0, 0.05) is 23.3 Å². The highest BCUT2D eigenvalue weighted by Gasteiger charge is 2.36. The molecule has 0 spiro atoms. The molecule has 7 heteroatoms. The van der Waals surface area contributed by atoms with Gasteiger partial charge in [-0.1, -0.05) is 13.8 Å². The largest absolute Gasteiger partial charge is 0.366 e. The predicted molar refractivity (Wildman–Crippen MR) is 108 cm³/mol. The summed E-state index contributed by atoms with van der Waals surface area (Å²) < 4.78 is 14.9. The van der Waals surface area contributed by atoms with Gasteiger partial charge in [0.25, 0.3) is 11.8 Å². The average molecular weight is 389 g/mol. The van der Waals surface area contributed by atoms with Crippen LogP contribution in [0.4, 0.5) is 10.1 Å². The third-order valence-electron chi connectivity index (χ3n) is 5.19. The summed E-state index contributed by atoms with van der Waals surface area (Å²) in [4.78, 5) is 26.3. The van der Waals surface area contributed by atoms with Crippen LogP contribution in [0.15, 0.2) is 17.7 Å². The Bertz CT molecular complexity index is 841. The maximum Gasteiger partial charge on any atom is 0.263 e. The molecule has 144 valence electrons. The molecule has 2 aliphatic rings. The number of amides is 2. The van der Waals surface area contributed by atoms with Gasteiger partial charge in [-0.2, -0.15) is 0 Å². The van der Waals surface area contributed by atoms with Crippen LogP contribution in [0.25, 0.3) is 6.08 Å². The first-order valence-electron chi connectivity index (χ1n) is 9.13. The lowest BCUT2D eigenvalue weighted by Gasteiger charge is -2.47. The molecule has 1 atom stereocenters. The van der Waals surface area contributed by atoms with Crippen LogP contribution in [0.3, 0.4) is 0 Å². The molecule has 2 amide bonds. The van der Waals surface area contributed by atoms with Crippen molar-refractivity contribution in [1.29, 1.82) is 0 Å². The Kier molecular flexibility index (Phi) is 5.08. The van der Waals surface area contributed by atoms with Gasteiger partial charge in [-0.15, -0.1) is 0 Å². The lowest BCUT2D eigenvalue weighted by atomic mass is 9.79. The van der Waals surface area contributed by atoms with Crippen LogP contribution in [-0.4, -0.2) is 29.0 Å². The van der Waals surface area contributed by atoms with E-state index in [2.05, 4.69) is 43.2 Å².